The molecule has 0 aliphatic rings. The van der Waals surface area contributed by atoms with E-state index in [9.17, 15) is 26.4 Å². The Balaban J connectivity index is 2.45. The van der Waals surface area contributed by atoms with E-state index in [1.54, 1.807) is 31.2 Å². The molecule has 0 aromatic heterocycles. The molecule has 2 rings (SSSR count). The Bertz CT molecular complexity index is 926. The van der Waals surface area contributed by atoms with Crippen LogP contribution in [0.4, 0.5) is 18.9 Å². The number of hydrogen-bond acceptors (Lipinski definition) is 3. The molecule has 5 nitrogen and oxygen atoms in total. The number of nitrogens with one attached hydrogen (secondary N) is 1. The summed E-state index contributed by atoms with van der Waals surface area (Å²) in [6.45, 7) is 3.75. The topological polar surface area (TPSA) is 66.5 Å². The average Bonchev–Trinajstić information content (AvgIpc) is 2.63. The molecule has 0 saturated carbocycles. The van der Waals surface area contributed by atoms with E-state index in [0.29, 0.717) is 12.6 Å². The molecule has 0 aliphatic carbocycles. The van der Waals surface area contributed by atoms with Gasteiger partial charge in [-0.2, -0.15) is 13.2 Å². The molecule has 0 saturated heterocycles. The Kier molecular flexibility index (Phi) is 6.71. The number of halogens is 3. The number of carbonyl (C=O) groups excluding carboxylic acids is 1. The van der Waals surface area contributed by atoms with E-state index in [1.807, 2.05) is 6.92 Å². The van der Waals surface area contributed by atoms with Crippen LogP contribution in [0.5, 0.6) is 0 Å². The SMILES string of the molecule is CCNC(=O)CCN(c1ccc(C)cc1)S(=O)(=O)c1cccc(C(F)(F)F)c1. The summed E-state index contributed by atoms with van der Waals surface area (Å²) in [6, 6.07) is 10.1. The summed E-state index contributed by atoms with van der Waals surface area (Å²) in [4.78, 5) is 11.3. The van der Waals surface area contributed by atoms with E-state index >= 15 is 0 Å². The minimum Gasteiger partial charge on any atom is -0.356 e. The van der Waals surface area contributed by atoms with Crippen LogP contribution in [0, 0.1) is 6.92 Å². The number of sulfonamides is 1. The first-order valence-corrected chi connectivity index (χ1v) is 10.0. The van der Waals surface area contributed by atoms with Crippen LogP contribution < -0.4 is 9.62 Å². The van der Waals surface area contributed by atoms with Crippen LogP contribution in [-0.4, -0.2) is 27.4 Å². The quantitative estimate of drug-likeness (QED) is 0.751. The van der Waals surface area contributed by atoms with Gasteiger partial charge in [0.2, 0.25) is 5.91 Å². The second-order valence-electron chi connectivity index (χ2n) is 6.14. The van der Waals surface area contributed by atoms with E-state index < -0.39 is 26.7 Å². The largest absolute Gasteiger partial charge is 0.416 e. The Morgan fingerprint density at radius 2 is 1.75 bits per heavy atom. The smallest absolute Gasteiger partial charge is 0.356 e. The van der Waals surface area contributed by atoms with E-state index in [1.165, 1.54) is 0 Å². The van der Waals surface area contributed by atoms with Crippen LogP contribution in [-0.2, 0) is 21.0 Å². The Morgan fingerprint density at radius 3 is 2.32 bits per heavy atom. The number of hydrogen-bond donors (Lipinski definition) is 1. The van der Waals surface area contributed by atoms with Gasteiger partial charge in [0, 0.05) is 19.5 Å². The van der Waals surface area contributed by atoms with Crippen molar-refractivity contribution in [3.63, 3.8) is 0 Å². The van der Waals surface area contributed by atoms with Crippen molar-refractivity contribution < 1.29 is 26.4 Å². The number of anilines is 1. The molecule has 1 amide bonds. The van der Waals surface area contributed by atoms with Crippen molar-refractivity contribution in [3.05, 3.63) is 59.7 Å². The molecule has 0 fully saturated rings. The molecule has 9 heteroatoms. The Labute approximate surface area is 162 Å². The maximum Gasteiger partial charge on any atom is 0.416 e. The van der Waals surface area contributed by atoms with Crippen LogP contribution in [0.2, 0.25) is 0 Å². The van der Waals surface area contributed by atoms with Crippen molar-refractivity contribution in [1.29, 1.82) is 0 Å². The number of benzene rings is 2. The Morgan fingerprint density at radius 1 is 1.11 bits per heavy atom. The van der Waals surface area contributed by atoms with E-state index in [-0.39, 0.29) is 24.6 Å². The van der Waals surface area contributed by atoms with Crippen molar-refractivity contribution in [2.24, 2.45) is 0 Å². The van der Waals surface area contributed by atoms with Crippen molar-refractivity contribution in [3.8, 4) is 0 Å². The number of rotatable bonds is 7. The zero-order valence-electron chi connectivity index (χ0n) is 15.5. The Hall–Kier alpha value is -2.55. The monoisotopic (exact) mass is 414 g/mol. The van der Waals surface area contributed by atoms with Gasteiger partial charge in [0.05, 0.1) is 16.1 Å². The van der Waals surface area contributed by atoms with E-state index in [0.717, 1.165) is 28.1 Å². The normalized spacial score (nSPS) is 11.9. The molecule has 2 aromatic rings. The summed E-state index contributed by atoms with van der Waals surface area (Å²) in [5, 5.41) is 2.57. The summed E-state index contributed by atoms with van der Waals surface area (Å²) in [5.41, 5.74) is 0.109. The van der Waals surface area contributed by atoms with Crippen LogP contribution in [0.25, 0.3) is 0 Å². The molecule has 0 aliphatic heterocycles. The molecule has 0 unspecified atom stereocenters. The minimum atomic E-state index is -4.67. The van der Waals surface area contributed by atoms with Crippen LogP contribution in [0.1, 0.15) is 24.5 Å². The number of carbonyl (C=O) groups is 1. The molecule has 0 heterocycles. The highest BCUT2D eigenvalue weighted by molar-refractivity contribution is 7.92. The summed E-state index contributed by atoms with van der Waals surface area (Å²) in [6.07, 6.45) is -4.79. The molecule has 0 spiro atoms. The molecular weight excluding hydrogens is 393 g/mol. The highest BCUT2D eigenvalue weighted by Crippen LogP contribution is 2.32. The first-order chi connectivity index (χ1) is 13.1. The van der Waals surface area contributed by atoms with Crippen LogP contribution >= 0.6 is 0 Å². The second kappa shape index (κ2) is 8.64. The maximum atomic E-state index is 13.1. The van der Waals surface area contributed by atoms with Gasteiger partial charge in [-0.1, -0.05) is 23.8 Å². The van der Waals surface area contributed by atoms with Crippen molar-refractivity contribution in [2.75, 3.05) is 17.4 Å². The lowest BCUT2D eigenvalue weighted by Crippen LogP contribution is -2.35. The van der Waals surface area contributed by atoms with Gasteiger partial charge >= 0.3 is 6.18 Å². The fourth-order valence-electron chi connectivity index (χ4n) is 2.55. The van der Waals surface area contributed by atoms with Crippen molar-refractivity contribution >= 4 is 21.6 Å². The zero-order valence-corrected chi connectivity index (χ0v) is 16.3. The summed E-state index contributed by atoms with van der Waals surface area (Å²) >= 11 is 0. The third-order valence-corrected chi connectivity index (χ3v) is 5.81. The lowest BCUT2D eigenvalue weighted by Gasteiger charge is -2.25. The number of nitrogens with zero attached hydrogens (tertiary/aromatic N) is 1. The summed E-state index contributed by atoms with van der Waals surface area (Å²) in [7, 11) is -4.31. The number of aryl methyl sites for hydroxylation is 1. The first kappa shape index (κ1) is 21.7. The highest BCUT2D eigenvalue weighted by atomic mass is 32.2. The first-order valence-electron chi connectivity index (χ1n) is 8.59. The molecule has 0 bridgehead atoms. The van der Waals surface area contributed by atoms with E-state index in [2.05, 4.69) is 5.32 Å². The fourth-order valence-corrected chi connectivity index (χ4v) is 4.06. The molecule has 2 aromatic carbocycles. The van der Waals surface area contributed by atoms with Gasteiger partial charge in [-0.05, 0) is 44.2 Å². The molecule has 0 radical (unpaired) electrons. The number of alkyl halides is 3. The van der Waals surface area contributed by atoms with Gasteiger partial charge in [-0.3, -0.25) is 9.10 Å². The number of amides is 1. The molecular formula is C19H21F3N2O3S. The lowest BCUT2D eigenvalue weighted by molar-refractivity contribution is -0.137. The minimum absolute atomic E-state index is 0.125. The van der Waals surface area contributed by atoms with Gasteiger partial charge in [0.25, 0.3) is 10.0 Å². The third-order valence-electron chi connectivity index (χ3n) is 3.99. The van der Waals surface area contributed by atoms with Gasteiger partial charge in [-0.25, -0.2) is 8.42 Å². The van der Waals surface area contributed by atoms with Crippen LogP contribution in [0.3, 0.4) is 0 Å². The third kappa shape index (κ3) is 5.25. The maximum absolute atomic E-state index is 13.1. The average molecular weight is 414 g/mol. The predicted octanol–water partition coefficient (Wildman–Crippen LogP) is 3.74. The second-order valence-corrected chi connectivity index (χ2v) is 8.00. The molecule has 28 heavy (non-hydrogen) atoms. The van der Waals surface area contributed by atoms with Gasteiger partial charge < -0.3 is 5.32 Å². The van der Waals surface area contributed by atoms with Crippen LogP contribution in [0.15, 0.2) is 53.4 Å². The van der Waals surface area contributed by atoms with Crippen molar-refractivity contribution in [1.82, 2.24) is 5.32 Å². The van der Waals surface area contributed by atoms with E-state index in [4.69, 9.17) is 0 Å². The predicted molar refractivity (Wildman–Crippen MR) is 100 cm³/mol. The van der Waals surface area contributed by atoms with Gasteiger partial charge in [0.15, 0.2) is 0 Å². The summed E-state index contributed by atoms with van der Waals surface area (Å²) in [5.74, 6) is -0.348. The lowest BCUT2D eigenvalue weighted by atomic mass is 10.2. The highest BCUT2D eigenvalue weighted by Gasteiger charge is 2.33. The molecule has 1 N–H and O–H groups in total. The summed E-state index contributed by atoms with van der Waals surface area (Å²) < 4.78 is 66.1. The van der Waals surface area contributed by atoms with Gasteiger partial charge in [-0.15, -0.1) is 0 Å². The standard InChI is InChI=1S/C19H21F3N2O3S/c1-3-23-18(25)11-12-24(16-9-7-14(2)8-10-16)28(26,27)17-6-4-5-15(13-17)19(20,21)22/h4-10,13H,3,11-12H2,1-2H3,(H,23,25). The zero-order chi connectivity index (χ0) is 20.9. The van der Waals surface area contributed by atoms with Gasteiger partial charge in [0.1, 0.15) is 0 Å². The fraction of sp³-hybridized carbons (Fsp3) is 0.316. The molecule has 0 atom stereocenters. The van der Waals surface area contributed by atoms with Crippen molar-refractivity contribution in [2.45, 2.75) is 31.3 Å². The molecule has 152 valence electrons.